The number of H-pyrrole nitrogens is 1. The summed E-state index contributed by atoms with van der Waals surface area (Å²) in [4.78, 5) is 79.0. The maximum atomic E-state index is 13.9. The van der Waals surface area contributed by atoms with E-state index in [4.69, 9.17) is 4.74 Å². The summed E-state index contributed by atoms with van der Waals surface area (Å²) in [5.41, 5.74) is 2.74. The van der Waals surface area contributed by atoms with Gasteiger partial charge in [0.1, 0.15) is 26.0 Å². The lowest BCUT2D eigenvalue weighted by Crippen LogP contribution is -2.49. The summed E-state index contributed by atoms with van der Waals surface area (Å²) < 4.78 is 32.2. The second kappa shape index (κ2) is 21.7. The van der Waals surface area contributed by atoms with Gasteiger partial charge in [-0.3, -0.25) is 9.59 Å². The highest BCUT2D eigenvalue weighted by Crippen LogP contribution is 2.43. The number of carbonyl (C=O) groups is 4. The highest BCUT2D eigenvalue weighted by Gasteiger charge is 2.33. The van der Waals surface area contributed by atoms with E-state index < -0.39 is 65.4 Å². The van der Waals surface area contributed by atoms with Crippen molar-refractivity contribution < 1.29 is 47.2 Å². The minimum Gasteiger partial charge on any atom is -0.480 e. The molecule has 1 unspecified atom stereocenters. The Bertz CT molecular complexity index is 2160. The Morgan fingerprint density at radius 3 is 2.12 bits per heavy atom. The molecule has 4 rings (SSSR count). The smallest absolute Gasteiger partial charge is 0.407 e. The summed E-state index contributed by atoms with van der Waals surface area (Å²) in [6, 6.07) is 22.6. The van der Waals surface area contributed by atoms with Gasteiger partial charge in [0.05, 0.1) is 11.7 Å². The van der Waals surface area contributed by atoms with Crippen molar-refractivity contribution in [2.75, 3.05) is 19.0 Å². The first-order valence-corrected chi connectivity index (χ1v) is 22.8. The molecule has 0 saturated carbocycles. The average Bonchev–Trinajstić information content (AvgIpc) is 3.58. The zero-order chi connectivity index (χ0) is 42.3. The molecular formula is C41H54N5O10PS. The Balaban J connectivity index is 1.50. The first kappa shape index (κ1) is 45.7. The van der Waals surface area contributed by atoms with Crippen LogP contribution in [0, 0.1) is 11.8 Å². The molecule has 0 fully saturated rings. The van der Waals surface area contributed by atoms with Crippen LogP contribution in [0.4, 0.5) is 4.79 Å². The standard InChI is InChI=1S/C41H54N5O10PS/c1-28(2)22-32(38(47)44-36(40(49)50)24-31-25-43-34-19-11-10-18-33(31)34)27-57(52,53)37(23-29-14-6-4-7-15-29)45-39(48)35(46-58(3,54)55)20-12-13-21-42-41(51)56-26-30-16-8-5-9-17-30/h4-11,14-19,25,28,32,35-36,43,46,52-53H,12-13,20-24,26-27H2,1-3H3,(H,42,51)(H,44,47)(H,45,48)(H,49,50)/t32?,35-,36-/m0/s1. The first-order valence-electron chi connectivity index (χ1n) is 19.1. The monoisotopic (exact) mass is 839 g/mol. The fraction of sp³-hybridized carbons (Fsp3) is 0.390. The van der Waals surface area contributed by atoms with E-state index in [0.717, 1.165) is 22.7 Å². The molecular weight excluding hydrogens is 786 g/mol. The molecule has 0 aliphatic heterocycles. The van der Waals surface area contributed by atoms with Gasteiger partial charge in [-0.2, -0.15) is 0 Å². The lowest BCUT2D eigenvalue weighted by Gasteiger charge is -2.28. The van der Waals surface area contributed by atoms with Gasteiger partial charge in [-0.25, -0.2) is 22.7 Å². The molecule has 15 nitrogen and oxygen atoms in total. The molecule has 314 valence electrons. The second-order valence-corrected chi connectivity index (χ2v) is 18.9. The zero-order valence-electron chi connectivity index (χ0n) is 32.9. The van der Waals surface area contributed by atoms with Gasteiger partial charge in [-0.05, 0) is 54.4 Å². The number of carboxylic acid groups (broad SMARTS) is 1. The van der Waals surface area contributed by atoms with E-state index in [-0.39, 0.29) is 50.2 Å². The van der Waals surface area contributed by atoms with Crippen molar-refractivity contribution >= 4 is 57.6 Å². The predicted molar refractivity (Wildman–Crippen MR) is 224 cm³/mol. The third-order valence-electron chi connectivity index (χ3n) is 9.30. The Hall–Kier alpha value is -4.99. The third kappa shape index (κ3) is 15.1. The van der Waals surface area contributed by atoms with Crippen molar-refractivity contribution in [2.45, 2.75) is 71.1 Å². The van der Waals surface area contributed by atoms with Crippen LogP contribution >= 0.6 is 7.34 Å². The SMILES string of the molecule is CC(C)CC(CP(O)(O)=C(Cc1ccccc1)NC(=O)[C@H](CCCCNC(=O)OCc1ccccc1)NS(C)(=O)=O)C(=O)N[C@@H](Cc1c[nH]c2ccccc12)C(=O)O. The molecule has 17 heteroatoms. The van der Waals surface area contributed by atoms with Gasteiger partial charge in [0.2, 0.25) is 21.8 Å². The molecule has 0 spiro atoms. The van der Waals surface area contributed by atoms with Crippen molar-refractivity contribution in [3.8, 4) is 0 Å². The number of hydrogen-bond donors (Lipinski definition) is 8. The van der Waals surface area contributed by atoms with Crippen molar-refractivity contribution in [1.82, 2.24) is 25.7 Å². The summed E-state index contributed by atoms with van der Waals surface area (Å²) in [6.07, 6.45) is 2.15. The van der Waals surface area contributed by atoms with Crippen LogP contribution in [0.5, 0.6) is 0 Å². The lowest BCUT2D eigenvalue weighted by molar-refractivity contribution is -0.142. The van der Waals surface area contributed by atoms with Crippen LogP contribution in [0.2, 0.25) is 0 Å². The van der Waals surface area contributed by atoms with Gasteiger partial charge < -0.3 is 40.6 Å². The van der Waals surface area contributed by atoms with E-state index in [1.807, 2.05) is 68.4 Å². The Labute approximate surface area is 339 Å². The molecule has 3 amide bonds. The summed E-state index contributed by atoms with van der Waals surface area (Å²) in [6.45, 7) is 3.97. The third-order valence-corrected chi connectivity index (χ3v) is 12.1. The topological polar surface area (TPSA) is 236 Å². The zero-order valence-corrected chi connectivity index (χ0v) is 34.6. The summed E-state index contributed by atoms with van der Waals surface area (Å²) in [7, 11) is -8.24. The van der Waals surface area contributed by atoms with Crippen molar-refractivity contribution in [3.63, 3.8) is 0 Å². The predicted octanol–water partition coefficient (Wildman–Crippen LogP) is 4.28. The van der Waals surface area contributed by atoms with Gasteiger partial charge >= 0.3 is 12.1 Å². The van der Waals surface area contributed by atoms with Crippen LogP contribution in [0.25, 0.3) is 10.9 Å². The largest absolute Gasteiger partial charge is 0.480 e. The number of ether oxygens (including phenoxy) is 1. The van der Waals surface area contributed by atoms with E-state index in [1.165, 1.54) is 0 Å². The number of alkyl carbamates (subject to hydrolysis) is 1. The number of hydrogen-bond acceptors (Lipinski definition) is 9. The number of carboxylic acids is 1. The van der Waals surface area contributed by atoms with Gasteiger partial charge in [0, 0.05) is 48.6 Å². The average molecular weight is 840 g/mol. The van der Waals surface area contributed by atoms with Gasteiger partial charge in [0.15, 0.2) is 0 Å². The minimum absolute atomic E-state index is 0.00590. The molecule has 3 aromatic carbocycles. The minimum atomic E-state index is -4.33. The van der Waals surface area contributed by atoms with Crippen LogP contribution in [0.15, 0.2) is 91.1 Å². The number of benzene rings is 3. The van der Waals surface area contributed by atoms with Crippen LogP contribution in [-0.2, 0) is 48.6 Å². The normalized spacial score (nSPS) is 13.3. The maximum absolute atomic E-state index is 13.9. The number of fused-ring (bicyclic) bond motifs is 1. The molecule has 1 aromatic heterocycles. The molecule has 8 N–H and O–H groups in total. The number of rotatable bonds is 22. The van der Waals surface area contributed by atoms with Crippen molar-refractivity contribution in [1.29, 1.82) is 0 Å². The molecule has 58 heavy (non-hydrogen) atoms. The summed E-state index contributed by atoms with van der Waals surface area (Å²) >= 11 is 0. The van der Waals surface area contributed by atoms with Gasteiger partial charge in [-0.1, -0.05) is 92.7 Å². The van der Waals surface area contributed by atoms with E-state index in [9.17, 15) is 42.5 Å². The maximum Gasteiger partial charge on any atom is 0.407 e. The highest BCUT2D eigenvalue weighted by atomic mass is 32.2. The lowest BCUT2D eigenvalue weighted by atomic mass is 9.97. The number of para-hydroxylation sites is 1. The number of carbonyl (C=O) groups excluding carboxylic acids is 3. The van der Waals surface area contributed by atoms with Crippen molar-refractivity contribution in [2.24, 2.45) is 11.8 Å². The Morgan fingerprint density at radius 2 is 1.48 bits per heavy atom. The van der Waals surface area contributed by atoms with Crippen molar-refractivity contribution in [3.05, 3.63) is 108 Å². The van der Waals surface area contributed by atoms with E-state index in [2.05, 4.69) is 25.7 Å². The second-order valence-electron chi connectivity index (χ2n) is 14.7. The number of nitrogens with one attached hydrogen (secondary N) is 5. The summed E-state index contributed by atoms with van der Waals surface area (Å²) in [5.74, 6) is -3.96. The fourth-order valence-electron chi connectivity index (χ4n) is 6.48. The number of unbranched alkanes of at least 4 members (excludes halogenated alkanes) is 1. The van der Waals surface area contributed by atoms with Crippen LogP contribution in [0.1, 0.15) is 56.2 Å². The Kier molecular flexibility index (Phi) is 17.1. The summed E-state index contributed by atoms with van der Waals surface area (Å²) in [5, 5.41) is 18.8. The molecule has 0 aliphatic carbocycles. The van der Waals surface area contributed by atoms with Crippen LogP contribution < -0.4 is 20.7 Å². The number of aliphatic carboxylic acids is 1. The molecule has 1 heterocycles. The first-order chi connectivity index (χ1) is 27.5. The highest BCUT2D eigenvalue weighted by molar-refractivity contribution is 7.88. The molecule has 0 aliphatic rings. The van der Waals surface area contributed by atoms with E-state index >= 15 is 0 Å². The molecule has 0 saturated heterocycles. The van der Waals surface area contributed by atoms with Crippen LogP contribution in [-0.4, -0.2) is 88.6 Å². The van der Waals surface area contributed by atoms with Gasteiger partial charge in [-0.15, -0.1) is 0 Å². The number of sulfonamides is 1. The van der Waals surface area contributed by atoms with E-state index in [1.54, 1.807) is 36.5 Å². The quantitative estimate of drug-likeness (QED) is 0.0413. The van der Waals surface area contributed by atoms with Crippen LogP contribution in [0.3, 0.4) is 0 Å². The molecule has 4 aromatic rings. The van der Waals surface area contributed by atoms with E-state index in [0.29, 0.717) is 24.0 Å². The molecule has 0 bridgehead atoms. The number of amides is 3. The molecule has 0 radical (unpaired) electrons. The molecule has 3 atom stereocenters. The van der Waals surface area contributed by atoms with Gasteiger partial charge in [0.25, 0.3) is 0 Å². The Morgan fingerprint density at radius 1 is 0.845 bits per heavy atom. The fourth-order valence-corrected chi connectivity index (χ4v) is 9.10. The number of aromatic nitrogens is 1. The number of aromatic amines is 1.